The molecule has 5 rings (SSSR count). The lowest BCUT2D eigenvalue weighted by molar-refractivity contribution is -0.341. The normalized spacial score (nSPS) is 22.9. The number of carbonyl (C=O) groups is 9. The van der Waals surface area contributed by atoms with Crippen molar-refractivity contribution in [2.24, 2.45) is 0 Å². The zero-order valence-corrected chi connectivity index (χ0v) is 44.6. The summed E-state index contributed by atoms with van der Waals surface area (Å²) in [6.45, 7) is 1.56. The fraction of sp³-hybridized carbons (Fsp3) is 0.462. The van der Waals surface area contributed by atoms with Crippen molar-refractivity contribution in [2.45, 2.75) is 144 Å². The lowest BCUT2D eigenvalue weighted by Gasteiger charge is -2.49. The third-order valence-electron chi connectivity index (χ3n) is 11.5. The first kappa shape index (κ1) is 63.3. The van der Waals surface area contributed by atoms with E-state index in [0.29, 0.717) is 11.1 Å². The maximum Gasteiger partial charge on any atom is 0.471 e. The smallest absolute Gasteiger partial charge is 0.463 e. The number of benzene rings is 3. The molecule has 3 aromatic rings. The zero-order chi connectivity index (χ0) is 58.0. The Balaban J connectivity index is 1.78. The minimum Gasteiger partial charge on any atom is -0.463 e. The number of alkyl halides is 6. The molecule has 21 nitrogen and oxygen atoms in total. The second-order valence-electron chi connectivity index (χ2n) is 17.8. The summed E-state index contributed by atoms with van der Waals surface area (Å²) in [6.07, 6.45) is -28.7. The van der Waals surface area contributed by atoms with Gasteiger partial charge in [-0.1, -0.05) is 114 Å². The molecule has 79 heavy (non-hydrogen) atoms. The molecule has 2 N–H and O–H groups in total. The number of ether oxygens (including phenoxy) is 10. The molecule has 2 aliphatic rings. The topological polar surface area (TPSA) is 282 Å². The summed E-state index contributed by atoms with van der Waals surface area (Å²) < 4.78 is 99.9. The molecule has 3 aromatic carbocycles. The van der Waals surface area contributed by atoms with Crippen LogP contribution in [0.3, 0.4) is 0 Å². The molecule has 10 atom stereocenters. The average molecular weight is 1170 g/mol. The second-order valence-corrected chi connectivity index (χ2v) is 20.1. The zero-order valence-electron chi connectivity index (χ0n) is 42.3. The number of hydrogen-bond acceptors (Lipinski definition) is 20. The van der Waals surface area contributed by atoms with Gasteiger partial charge in [-0.25, -0.2) is 9.59 Å². The Kier molecular flexibility index (Phi) is 23.7. The Morgan fingerprint density at radius 3 is 1.59 bits per heavy atom. The summed E-state index contributed by atoms with van der Waals surface area (Å²) in [7, 11) is 0. The van der Waals surface area contributed by atoms with E-state index in [9.17, 15) is 56.3 Å². The van der Waals surface area contributed by atoms with Gasteiger partial charge >= 0.3 is 41.9 Å². The monoisotopic (exact) mass is 1170 g/mol. The average Bonchev–Trinajstić information content (AvgIpc) is 3.60. The Bertz CT molecular complexity index is 2630. The minimum absolute atomic E-state index is 0.147. The van der Waals surface area contributed by atoms with Gasteiger partial charge < -0.3 is 67.1 Å². The molecule has 27 heteroatoms. The van der Waals surface area contributed by atoms with Crippen molar-refractivity contribution in [3.05, 3.63) is 108 Å². The van der Waals surface area contributed by atoms with Gasteiger partial charge in [0, 0.05) is 19.3 Å². The molecule has 0 spiro atoms. The molecule has 0 bridgehead atoms. The first-order chi connectivity index (χ1) is 37.3. The first-order valence-corrected chi connectivity index (χ1v) is 25.3. The largest absolute Gasteiger partial charge is 0.471 e. The number of esters is 5. The highest BCUT2D eigenvalue weighted by Crippen LogP contribution is 2.38. The van der Waals surface area contributed by atoms with Crippen LogP contribution in [0.15, 0.2) is 91.0 Å². The van der Waals surface area contributed by atoms with Crippen molar-refractivity contribution in [2.75, 3.05) is 6.61 Å². The molecule has 0 saturated carbocycles. The summed E-state index contributed by atoms with van der Waals surface area (Å²) >= 11 is 17.8. The number of amides is 1. The van der Waals surface area contributed by atoms with E-state index in [1.165, 1.54) is 38.1 Å². The van der Waals surface area contributed by atoms with Crippen LogP contribution in [0.25, 0.3) is 0 Å². The summed E-state index contributed by atoms with van der Waals surface area (Å²) in [6, 6.07) is 20.7. The highest BCUT2D eigenvalue weighted by atomic mass is 35.6. The van der Waals surface area contributed by atoms with Gasteiger partial charge in [0.2, 0.25) is 12.2 Å². The highest BCUT2D eigenvalue weighted by Gasteiger charge is 2.60. The Morgan fingerprint density at radius 2 is 1.08 bits per heavy atom. The van der Waals surface area contributed by atoms with E-state index >= 15 is 0 Å². The van der Waals surface area contributed by atoms with Gasteiger partial charge in [0.1, 0.15) is 54.9 Å². The van der Waals surface area contributed by atoms with Crippen molar-refractivity contribution in [3.8, 4) is 0 Å². The third-order valence-corrected chi connectivity index (χ3v) is 12.0. The van der Waals surface area contributed by atoms with Crippen LogP contribution in [0.2, 0.25) is 0 Å². The highest BCUT2D eigenvalue weighted by molar-refractivity contribution is 6.76. The van der Waals surface area contributed by atoms with Crippen LogP contribution < -0.4 is 5.32 Å². The molecular weight excluding hydrogens is 1120 g/mol. The predicted octanol–water partition coefficient (Wildman–Crippen LogP) is 6.26. The van der Waals surface area contributed by atoms with E-state index in [1.54, 1.807) is 72.0 Å². The van der Waals surface area contributed by atoms with E-state index in [-0.39, 0.29) is 18.4 Å². The molecule has 0 unspecified atom stereocenters. The molecule has 2 saturated heterocycles. The molecular formula is C52H54Cl3F3N2O19. The number of rotatable bonds is 25. The maximum absolute atomic E-state index is 14.6. The summed E-state index contributed by atoms with van der Waals surface area (Å²) in [4.78, 5) is 118. The fourth-order valence-electron chi connectivity index (χ4n) is 7.57. The number of ketones is 3. The van der Waals surface area contributed by atoms with Crippen molar-refractivity contribution in [1.82, 2.24) is 5.32 Å². The van der Waals surface area contributed by atoms with E-state index < -0.39 is 176 Å². The molecule has 1 amide bonds. The SMILES string of the molecule is CC(=O)CCC(=O)OC[C@H]1O[C@@H](OC(=N)C(Cl)(Cl)Cl)[C@H](NC(=O)C(F)(F)F)[C@@H](O[C@@H]2O[C@H](C(=O)OCc3ccccc3)[C@@H](OC(=O)CCC(C)=O)[C@H](OCc3ccccc3)[C@H]2OC(=O)c2ccccc2)[C@H]1OC(=O)CCC(C)=O. The van der Waals surface area contributed by atoms with Crippen molar-refractivity contribution in [3.63, 3.8) is 0 Å². The summed E-state index contributed by atoms with van der Waals surface area (Å²) in [5.74, 6) is -11.5. The van der Waals surface area contributed by atoms with E-state index in [4.69, 9.17) is 87.6 Å². The lowest BCUT2D eigenvalue weighted by Crippen LogP contribution is -2.70. The van der Waals surface area contributed by atoms with Gasteiger partial charge in [0.15, 0.2) is 30.7 Å². The predicted molar refractivity (Wildman–Crippen MR) is 267 cm³/mol. The number of hydrogen-bond donors (Lipinski definition) is 2. The standard InChI is InChI=1S/C52H54Cl3F3N2O19/c1-28(61)19-22-35(64)70-27-34-39(74-36(65)23-20-29(2)62)40(38(60-50(69)52(56,57)58)47(73-34)79-49(59)51(53,54)55)77-48-44(76-45(67)33-17-11-6-12-18-33)41(71-25-31-13-7-4-8-14-31)42(75-37(66)24-21-30(3)63)43(78-48)46(68)72-26-32-15-9-5-10-16-32/h4-18,34,38-44,47-48,59H,19-27H2,1-3H3,(H,60,69)/t34-,38-,39+,40-,41+,42+,43+,44-,47+,48-/m1/s1. The van der Waals surface area contributed by atoms with Gasteiger partial charge in [-0.15, -0.1) is 0 Å². The van der Waals surface area contributed by atoms with E-state index in [2.05, 4.69) is 0 Å². The molecule has 0 aliphatic carbocycles. The molecule has 2 fully saturated rings. The summed E-state index contributed by atoms with van der Waals surface area (Å²) in [5, 5.41) is 10.0. The van der Waals surface area contributed by atoms with Crippen LogP contribution in [0.4, 0.5) is 13.2 Å². The lowest BCUT2D eigenvalue weighted by atomic mass is 9.94. The quantitative estimate of drug-likeness (QED) is 0.0311. The van der Waals surface area contributed by atoms with Crippen LogP contribution in [-0.2, 0) is 98.9 Å². The minimum atomic E-state index is -5.74. The van der Waals surface area contributed by atoms with Crippen LogP contribution >= 0.6 is 34.8 Å². The van der Waals surface area contributed by atoms with Gasteiger partial charge in [-0.2, -0.15) is 13.2 Å². The van der Waals surface area contributed by atoms with Crippen LogP contribution in [0.5, 0.6) is 0 Å². The Morgan fingerprint density at radius 1 is 0.570 bits per heavy atom. The molecule has 428 valence electrons. The number of nitrogens with one attached hydrogen (secondary N) is 2. The Hall–Kier alpha value is -6.54. The van der Waals surface area contributed by atoms with Crippen LogP contribution in [0.1, 0.15) is 80.8 Å². The van der Waals surface area contributed by atoms with Gasteiger partial charge in [0.25, 0.3) is 3.79 Å². The van der Waals surface area contributed by atoms with E-state index in [0.717, 1.165) is 6.92 Å². The van der Waals surface area contributed by atoms with Gasteiger partial charge in [-0.3, -0.25) is 24.6 Å². The van der Waals surface area contributed by atoms with Gasteiger partial charge in [-0.05, 0) is 44.0 Å². The number of Topliss-reactive ketones (excluding diaryl/α,β-unsaturated/α-hetero) is 3. The third kappa shape index (κ3) is 20.0. The molecule has 2 aliphatic heterocycles. The van der Waals surface area contributed by atoms with Crippen LogP contribution in [0, 0.1) is 5.41 Å². The van der Waals surface area contributed by atoms with Gasteiger partial charge in [0.05, 0.1) is 31.4 Å². The van der Waals surface area contributed by atoms with E-state index in [1.807, 2.05) is 0 Å². The molecule has 2 heterocycles. The number of halogens is 6. The molecule has 0 radical (unpaired) electrons. The maximum atomic E-state index is 14.6. The number of carbonyl (C=O) groups excluding carboxylic acids is 9. The van der Waals surface area contributed by atoms with Crippen molar-refractivity contribution >= 4 is 93.8 Å². The summed E-state index contributed by atoms with van der Waals surface area (Å²) in [5.41, 5.74) is 0.713. The fourth-order valence-corrected chi connectivity index (χ4v) is 7.70. The Labute approximate surface area is 464 Å². The van der Waals surface area contributed by atoms with Crippen molar-refractivity contribution < 1.29 is 104 Å². The van der Waals surface area contributed by atoms with Crippen molar-refractivity contribution in [1.29, 1.82) is 5.41 Å². The second kappa shape index (κ2) is 29.6. The first-order valence-electron chi connectivity index (χ1n) is 24.1. The molecule has 0 aromatic heterocycles. The van der Waals surface area contributed by atoms with Crippen LogP contribution in [-0.4, -0.2) is 137 Å².